The van der Waals surface area contributed by atoms with Crippen LogP contribution < -0.4 is 4.74 Å². The van der Waals surface area contributed by atoms with Crippen LogP contribution in [0.15, 0.2) is 158 Å². The lowest BCUT2D eigenvalue weighted by Crippen LogP contribution is -2.15. The zero-order chi connectivity index (χ0) is 37.3. The number of nitrogens with zero attached hydrogens (tertiary/aromatic N) is 3. The first-order valence-electron chi connectivity index (χ1n) is 19.2. The summed E-state index contributed by atoms with van der Waals surface area (Å²) in [5.74, 6) is 2.05. The van der Waals surface area contributed by atoms with Crippen LogP contribution in [-0.4, -0.2) is 21.6 Å². The van der Waals surface area contributed by atoms with Crippen LogP contribution in [0, 0.1) is 5.92 Å². The molecule has 4 heteroatoms. The molecule has 2 aromatic heterocycles. The fourth-order valence-corrected chi connectivity index (χ4v) is 8.77. The summed E-state index contributed by atoms with van der Waals surface area (Å²) in [6, 6.07) is 50.0. The summed E-state index contributed by atoms with van der Waals surface area (Å²) in [7, 11) is 1.76. The van der Waals surface area contributed by atoms with E-state index in [2.05, 4.69) is 177 Å². The molecule has 8 aromatic rings. The van der Waals surface area contributed by atoms with E-state index in [9.17, 15) is 0 Å². The number of hydrogen-bond donors (Lipinski definition) is 0. The van der Waals surface area contributed by atoms with Crippen LogP contribution in [0.3, 0.4) is 0 Å². The molecule has 266 valence electrons. The van der Waals surface area contributed by atoms with Crippen molar-refractivity contribution in [2.24, 2.45) is 5.92 Å². The van der Waals surface area contributed by atoms with Gasteiger partial charge in [-0.05, 0) is 82.1 Å². The van der Waals surface area contributed by atoms with E-state index in [0.29, 0.717) is 11.7 Å². The molecular weight excluding hydrogens is 671 g/mol. The summed E-state index contributed by atoms with van der Waals surface area (Å²) >= 11 is 0. The second kappa shape index (κ2) is 12.8. The third-order valence-corrected chi connectivity index (χ3v) is 11.7. The predicted molar refractivity (Wildman–Crippen MR) is 228 cm³/mol. The zero-order valence-electron chi connectivity index (χ0n) is 31.5. The molecular formula is C51H41N3O. The molecule has 0 amide bonds. The van der Waals surface area contributed by atoms with Gasteiger partial charge in [0.2, 0.25) is 0 Å². The summed E-state index contributed by atoms with van der Waals surface area (Å²) in [6.07, 6.45) is 7.76. The van der Waals surface area contributed by atoms with Crippen molar-refractivity contribution in [3.8, 4) is 56.3 Å². The number of ether oxygens (including phenoxy) is 1. The van der Waals surface area contributed by atoms with E-state index >= 15 is 0 Å². The molecule has 0 fully saturated rings. The van der Waals surface area contributed by atoms with Crippen LogP contribution in [0.4, 0.5) is 0 Å². The molecule has 55 heavy (non-hydrogen) atoms. The summed E-state index contributed by atoms with van der Waals surface area (Å²) in [5.41, 5.74) is 15.8. The van der Waals surface area contributed by atoms with Gasteiger partial charge in [0, 0.05) is 32.9 Å². The molecule has 1 unspecified atom stereocenters. The van der Waals surface area contributed by atoms with Gasteiger partial charge in [0.1, 0.15) is 5.75 Å². The average Bonchev–Trinajstić information content (AvgIpc) is 3.67. The van der Waals surface area contributed by atoms with E-state index in [4.69, 9.17) is 14.7 Å². The Bertz CT molecular complexity index is 2860. The molecule has 0 saturated heterocycles. The second-order valence-corrected chi connectivity index (χ2v) is 15.4. The van der Waals surface area contributed by atoms with Crippen molar-refractivity contribution in [2.75, 3.05) is 7.11 Å². The highest BCUT2D eigenvalue weighted by molar-refractivity contribution is 6.12. The molecule has 0 saturated carbocycles. The van der Waals surface area contributed by atoms with Gasteiger partial charge in [0.25, 0.3) is 0 Å². The van der Waals surface area contributed by atoms with Crippen molar-refractivity contribution >= 4 is 27.4 Å². The number of aromatic nitrogens is 3. The first-order chi connectivity index (χ1) is 26.9. The predicted octanol–water partition coefficient (Wildman–Crippen LogP) is 12.9. The fraction of sp³-hybridized carbons (Fsp3) is 0.137. The third-order valence-electron chi connectivity index (χ3n) is 11.7. The number of allylic oxidation sites excluding steroid dienone is 4. The molecule has 6 aromatic carbocycles. The Balaban J connectivity index is 1.13. The number of methoxy groups -OCH3 is 1. The molecule has 0 radical (unpaired) electrons. The summed E-state index contributed by atoms with van der Waals surface area (Å²) in [6.45, 7) is 6.94. The largest absolute Gasteiger partial charge is 0.496 e. The van der Waals surface area contributed by atoms with Crippen LogP contribution >= 0.6 is 0 Å². The van der Waals surface area contributed by atoms with Crippen LogP contribution in [0.5, 0.6) is 5.75 Å². The first-order valence-corrected chi connectivity index (χ1v) is 19.2. The number of benzene rings is 6. The smallest absolute Gasteiger partial charge is 0.160 e. The van der Waals surface area contributed by atoms with Gasteiger partial charge in [0.05, 0.1) is 35.2 Å². The second-order valence-electron chi connectivity index (χ2n) is 15.4. The van der Waals surface area contributed by atoms with Gasteiger partial charge in [-0.2, -0.15) is 0 Å². The maximum atomic E-state index is 6.13. The molecule has 0 N–H and O–H groups in total. The Labute approximate surface area is 322 Å². The van der Waals surface area contributed by atoms with Gasteiger partial charge in [-0.25, -0.2) is 9.97 Å². The molecule has 2 aliphatic carbocycles. The van der Waals surface area contributed by atoms with E-state index in [1.807, 2.05) is 6.07 Å². The van der Waals surface area contributed by atoms with E-state index in [-0.39, 0.29) is 5.41 Å². The third kappa shape index (κ3) is 5.35. The highest BCUT2D eigenvalue weighted by Gasteiger charge is 2.36. The summed E-state index contributed by atoms with van der Waals surface area (Å²) in [4.78, 5) is 10.2. The molecule has 10 rings (SSSR count). The van der Waals surface area contributed by atoms with Crippen molar-refractivity contribution < 1.29 is 4.74 Å². The molecule has 0 aliphatic heterocycles. The SMILES string of the molecule is COc1cccc(-n2c3ccccc3c3cc4c(cc32)C(C)(C)c2ccccc2-4)c1-c1ccc(-c2nc(C3=CCC(C)C=C3)cc(-c3ccccc3)n2)cc1. The molecule has 2 heterocycles. The van der Waals surface area contributed by atoms with Gasteiger partial charge >= 0.3 is 0 Å². The van der Waals surface area contributed by atoms with E-state index < -0.39 is 0 Å². The number of para-hydroxylation sites is 1. The fourth-order valence-electron chi connectivity index (χ4n) is 8.77. The zero-order valence-corrected chi connectivity index (χ0v) is 31.5. The Morgan fingerprint density at radius 1 is 0.636 bits per heavy atom. The lowest BCUT2D eigenvalue weighted by Gasteiger charge is -2.22. The lowest BCUT2D eigenvalue weighted by molar-refractivity contribution is 0.416. The van der Waals surface area contributed by atoms with Gasteiger partial charge in [-0.15, -0.1) is 0 Å². The normalized spacial score (nSPS) is 15.6. The Hall–Kier alpha value is -6.52. The van der Waals surface area contributed by atoms with Gasteiger partial charge in [0.15, 0.2) is 5.82 Å². The van der Waals surface area contributed by atoms with Gasteiger partial charge in [-0.3, -0.25) is 0 Å². The van der Waals surface area contributed by atoms with Crippen LogP contribution in [0.2, 0.25) is 0 Å². The summed E-state index contributed by atoms with van der Waals surface area (Å²) in [5, 5.41) is 2.48. The van der Waals surface area contributed by atoms with Crippen molar-refractivity contribution in [3.05, 3.63) is 175 Å². The molecule has 4 nitrogen and oxygen atoms in total. The van der Waals surface area contributed by atoms with Crippen LogP contribution in [-0.2, 0) is 5.41 Å². The lowest BCUT2D eigenvalue weighted by atomic mass is 9.82. The van der Waals surface area contributed by atoms with Gasteiger partial charge < -0.3 is 9.30 Å². The van der Waals surface area contributed by atoms with Crippen LogP contribution in [0.25, 0.3) is 78.0 Å². The van der Waals surface area contributed by atoms with E-state index in [1.165, 1.54) is 38.5 Å². The standard InChI is InChI=1S/C51H41N3O/c1-32-21-23-34(24-22-32)44-31-43(33-13-6-5-7-14-33)52-50(53-44)36-27-25-35(26-28-36)49-46(19-12-20-48(49)55-4)54-45-18-11-9-16-38(45)40-29-39-37-15-8-10-17-41(37)51(2,3)42(39)30-47(40)54/h5-21,23-32H,22H2,1-4H3. The number of rotatable bonds is 6. The minimum absolute atomic E-state index is 0.115. The van der Waals surface area contributed by atoms with Crippen LogP contribution in [0.1, 0.15) is 44.0 Å². The average molecular weight is 712 g/mol. The topological polar surface area (TPSA) is 39.9 Å². The molecule has 1 atom stereocenters. The van der Waals surface area contributed by atoms with Crippen molar-refractivity contribution in [1.29, 1.82) is 0 Å². The number of fused-ring (bicyclic) bond motifs is 6. The monoisotopic (exact) mass is 711 g/mol. The highest BCUT2D eigenvalue weighted by atomic mass is 16.5. The summed E-state index contributed by atoms with van der Waals surface area (Å²) < 4.78 is 8.56. The highest BCUT2D eigenvalue weighted by Crippen LogP contribution is 2.51. The Morgan fingerprint density at radius 2 is 1.38 bits per heavy atom. The van der Waals surface area contributed by atoms with Crippen molar-refractivity contribution in [2.45, 2.75) is 32.6 Å². The van der Waals surface area contributed by atoms with E-state index in [1.54, 1.807) is 7.11 Å². The Morgan fingerprint density at radius 3 is 2.18 bits per heavy atom. The quantitative estimate of drug-likeness (QED) is 0.172. The van der Waals surface area contributed by atoms with Gasteiger partial charge in [-0.1, -0.05) is 142 Å². The molecule has 0 spiro atoms. The van der Waals surface area contributed by atoms with E-state index in [0.717, 1.165) is 62.6 Å². The number of hydrogen-bond acceptors (Lipinski definition) is 3. The molecule has 2 aliphatic rings. The first kappa shape index (κ1) is 33.1. The van der Waals surface area contributed by atoms with Crippen molar-refractivity contribution in [1.82, 2.24) is 14.5 Å². The minimum atomic E-state index is -0.115. The minimum Gasteiger partial charge on any atom is -0.496 e. The van der Waals surface area contributed by atoms with Crippen molar-refractivity contribution in [3.63, 3.8) is 0 Å². The Kier molecular flexibility index (Phi) is 7.71. The maximum Gasteiger partial charge on any atom is 0.160 e. The maximum absolute atomic E-state index is 6.13. The molecule has 0 bridgehead atoms.